The van der Waals surface area contributed by atoms with Crippen LogP contribution in [-0.2, 0) is 16.2 Å². The second kappa shape index (κ2) is 13.3. The number of rotatable bonds is 5. The predicted octanol–water partition coefficient (Wildman–Crippen LogP) is 16.3. The third-order valence-electron chi connectivity index (χ3n) is 12.0. The summed E-state index contributed by atoms with van der Waals surface area (Å²) in [6, 6.07) is 59.6. The third-order valence-corrected chi connectivity index (χ3v) is 12.0. The molecule has 1 aliphatic carbocycles. The van der Waals surface area contributed by atoms with Gasteiger partial charge in [0, 0.05) is 17.1 Å². The highest BCUT2D eigenvalue weighted by molar-refractivity contribution is 6.13. The molecule has 1 aliphatic rings. The molecule has 0 atom stereocenters. The Balaban J connectivity index is 1.16. The van der Waals surface area contributed by atoms with Crippen molar-refractivity contribution in [1.29, 1.82) is 0 Å². The Morgan fingerprint density at radius 1 is 0.316 bits per heavy atom. The SMILES string of the molecule is CC(C)(C)c1ccc(-c2cc3cc4c(cc3cc2-c2ccc(C(C)(C)C)cc2)-c2cc3cc(N(c5ccccc5)c5ccccc5C(C)(C)C)ccc3cc2-4)cc1. The van der Waals surface area contributed by atoms with E-state index >= 15 is 0 Å². The Labute approximate surface area is 339 Å². The number of nitrogens with zero attached hydrogens (tertiary/aromatic N) is 1. The summed E-state index contributed by atoms with van der Waals surface area (Å²) in [5, 5.41) is 5.05. The minimum atomic E-state index is -0.0107. The molecule has 8 aromatic carbocycles. The van der Waals surface area contributed by atoms with Crippen LogP contribution in [0.1, 0.15) is 79.0 Å². The van der Waals surface area contributed by atoms with E-state index in [1.54, 1.807) is 0 Å². The molecule has 0 unspecified atom stereocenters. The van der Waals surface area contributed by atoms with Crippen LogP contribution >= 0.6 is 0 Å². The fraction of sp³-hybridized carbons (Fsp3) is 0.214. The summed E-state index contributed by atoms with van der Waals surface area (Å²) in [6.45, 7) is 20.6. The molecule has 8 aromatic rings. The molecule has 0 radical (unpaired) electrons. The molecule has 0 N–H and O–H groups in total. The molecule has 0 bridgehead atoms. The van der Waals surface area contributed by atoms with Gasteiger partial charge in [0.1, 0.15) is 0 Å². The van der Waals surface area contributed by atoms with Gasteiger partial charge in [0.15, 0.2) is 0 Å². The Hall–Kier alpha value is -5.92. The molecule has 282 valence electrons. The maximum Gasteiger partial charge on any atom is 0.0498 e. The Bertz CT molecular complexity index is 2800. The van der Waals surface area contributed by atoms with Gasteiger partial charge in [0.05, 0.1) is 0 Å². The third kappa shape index (κ3) is 6.64. The van der Waals surface area contributed by atoms with Crippen molar-refractivity contribution in [2.24, 2.45) is 0 Å². The summed E-state index contributed by atoms with van der Waals surface area (Å²) in [7, 11) is 0. The molecule has 9 rings (SSSR count). The van der Waals surface area contributed by atoms with E-state index in [-0.39, 0.29) is 16.2 Å². The summed E-state index contributed by atoms with van der Waals surface area (Å²) in [4.78, 5) is 2.42. The Morgan fingerprint density at radius 2 is 0.737 bits per heavy atom. The van der Waals surface area contributed by atoms with E-state index in [9.17, 15) is 0 Å². The smallest absolute Gasteiger partial charge is 0.0498 e. The van der Waals surface area contributed by atoms with Gasteiger partial charge in [-0.05, 0) is 166 Å². The summed E-state index contributed by atoms with van der Waals surface area (Å²) in [5.74, 6) is 0. The zero-order valence-electron chi connectivity index (χ0n) is 35.0. The van der Waals surface area contributed by atoms with Crippen molar-refractivity contribution in [3.63, 3.8) is 0 Å². The van der Waals surface area contributed by atoms with E-state index in [0.717, 1.165) is 11.4 Å². The van der Waals surface area contributed by atoms with Crippen LogP contribution in [0, 0.1) is 0 Å². The van der Waals surface area contributed by atoms with Gasteiger partial charge in [0.25, 0.3) is 0 Å². The average Bonchev–Trinajstić information content (AvgIpc) is 3.19. The van der Waals surface area contributed by atoms with Crippen molar-refractivity contribution >= 4 is 38.6 Å². The van der Waals surface area contributed by atoms with Gasteiger partial charge in [-0.1, -0.05) is 153 Å². The minimum Gasteiger partial charge on any atom is -0.310 e. The lowest BCUT2D eigenvalue weighted by atomic mass is 9.77. The molecule has 0 saturated carbocycles. The highest BCUT2D eigenvalue weighted by Gasteiger charge is 2.27. The van der Waals surface area contributed by atoms with E-state index < -0.39 is 0 Å². The lowest BCUT2D eigenvalue weighted by Gasteiger charge is -2.32. The van der Waals surface area contributed by atoms with Crippen molar-refractivity contribution in [3.05, 3.63) is 174 Å². The summed E-state index contributed by atoms with van der Waals surface area (Å²) in [5.41, 5.74) is 18.1. The van der Waals surface area contributed by atoms with Gasteiger partial charge in [-0.15, -0.1) is 0 Å². The van der Waals surface area contributed by atoms with E-state index in [1.165, 1.54) is 88.4 Å². The number of para-hydroxylation sites is 2. The van der Waals surface area contributed by atoms with Crippen LogP contribution < -0.4 is 4.90 Å². The largest absolute Gasteiger partial charge is 0.310 e. The van der Waals surface area contributed by atoms with E-state index in [1.807, 2.05) is 0 Å². The number of anilines is 3. The van der Waals surface area contributed by atoms with Gasteiger partial charge in [-0.3, -0.25) is 0 Å². The lowest BCUT2D eigenvalue weighted by molar-refractivity contribution is 0.590. The zero-order valence-corrected chi connectivity index (χ0v) is 35.0. The second-order valence-corrected chi connectivity index (χ2v) is 19.2. The van der Waals surface area contributed by atoms with Gasteiger partial charge in [0.2, 0.25) is 0 Å². The molecular weight excluding hydrogens is 687 g/mol. The van der Waals surface area contributed by atoms with Gasteiger partial charge in [-0.2, -0.15) is 0 Å². The first kappa shape index (κ1) is 36.7. The summed E-state index contributed by atoms with van der Waals surface area (Å²) < 4.78 is 0. The van der Waals surface area contributed by atoms with E-state index in [0.29, 0.717) is 0 Å². The number of benzene rings is 8. The molecule has 0 heterocycles. The standard InChI is InChI=1S/C56H53N/c1-54(2,3)42-24-19-36(20-25-42)46-31-40-34-50-48-30-38-23-28-45(57(44-15-11-10-12-16-44)53-18-14-13-17-52(53)56(7,8)9)29-39(38)33-49(48)51(50)35-41(40)32-47(46)37-21-26-43(27-22-37)55(4,5)6/h10-35H,1-9H3. The highest BCUT2D eigenvalue weighted by atomic mass is 15.1. The van der Waals surface area contributed by atoms with Crippen molar-refractivity contribution in [1.82, 2.24) is 0 Å². The predicted molar refractivity (Wildman–Crippen MR) is 248 cm³/mol. The van der Waals surface area contributed by atoms with Crippen molar-refractivity contribution in [2.45, 2.75) is 78.6 Å². The fourth-order valence-corrected chi connectivity index (χ4v) is 8.69. The second-order valence-electron chi connectivity index (χ2n) is 19.2. The Kier molecular flexibility index (Phi) is 8.59. The van der Waals surface area contributed by atoms with Gasteiger partial charge < -0.3 is 4.90 Å². The topological polar surface area (TPSA) is 3.24 Å². The number of fused-ring (bicyclic) bond motifs is 6. The number of hydrogen-bond acceptors (Lipinski definition) is 1. The van der Waals surface area contributed by atoms with E-state index in [4.69, 9.17) is 0 Å². The van der Waals surface area contributed by atoms with Crippen LogP contribution in [0.15, 0.2) is 158 Å². The van der Waals surface area contributed by atoms with Crippen molar-refractivity contribution < 1.29 is 0 Å². The normalized spacial score (nSPS) is 12.6. The molecule has 1 nitrogen and oxygen atoms in total. The molecule has 57 heavy (non-hydrogen) atoms. The first-order chi connectivity index (χ1) is 27.1. The first-order valence-corrected chi connectivity index (χ1v) is 20.5. The fourth-order valence-electron chi connectivity index (χ4n) is 8.69. The zero-order chi connectivity index (χ0) is 39.9. The van der Waals surface area contributed by atoms with Crippen LogP contribution in [0.2, 0.25) is 0 Å². The van der Waals surface area contributed by atoms with E-state index in [2.05, 4.69) is 225 Å². The molecule has 0 amide bonds. The monoisotopic (exact) mass is 739 g/mol. The molecular formula is C56H53N. The Morgan fingerprint density at radius 3 is 1.21 bits per heavy atom. The van der Waals surface area contributed by atoms with Crippen LogP contribution in [0.4, 0.5) is 17.1 Å². The quantitative estimate of drug-likeness (QED) is 0.170. The van der Waals surface area contributed by atoms with Gasteiger partial charge in [-0.25, -0.2) is 0 Å². The molecule has 0 fully saturated rings. The summed E-state index contributed by atoms with van der Waals surface area (Å²) in [6.07, 6.45) is 0. The minimum absolute atomic E-state index is 0.0107. The van der Waals surface area contributed by atoms with Crippen LogP contribution in [-0.4, -0.2) is 0 Å². The molecule has 0 aromatic heterocycles. The van der Waals surface area contributed by atoms with Crippen molar-refractivity contribution in [2.75, 3.05) is 4.90 Å². The molecule has 0 aliphatic heterocycles. The van der Waals surface area contributed by atoms with Crippen LogP contribution in [0.5, 0.6) is 0 Å². The summed E-state index contributed by atoms with van der Waals surface area (Å²) >= 11 is 0. The molecule has 0 spiro atoms. The first-order valence-electron chi connectivity index (χ1n) is 20.5. The lowest BCUT2D eigenvalue weighted by Crippen LogP contribution is -2.19. The average molecular weight is 740 g/mol. The van der Waals surface area contributed by atoms with Crippen molar-refractivity contribution in [3.8, 4) is 44.5 Å². The maximum atomic E-state index is 2.43. The maximum absolute atomic E-state index is 2.43. The molecule has 0 saturated heterocycles. The van der Waals surface area contributed by atoms with Crippen LogP contribution in [0.3, 0.4) is 0 Å². The van der Waals surface area contributed by atoms with Crippen LogP contribution in [0.25, 0.3) is 66.1 Å². The number of hydrogen-bond donors (Lipinski definition) is 0. The van der Waals surface area contributed by atoms with Gasteiger partial charge >= 0.3 is 0 Å². The molecule has 1 heteroatoms. The highest BCUT2D eigenvalue weighted by Crippen LogP contribution is 2.52.